The van der Waals surface area contributed by atoms with Crippen LogP contribution in [-0.4, -0.2) is 35.4 Å². The highest BCUT2D eigenvalue weighted by atomic mass is 16.6. The Morgan fingerprint density at radius 1 is 1.10 bits per heavy atom. The Balaban J connectivity index is 0.000000221. The maximum atomic E-state index is 11.3. The molecule has 1 saturated heterocycles. The van der Waals surface area contributed by atoms with Crippen molar-refractivity contribution in [3.8, 4) is 0 Å². The molecule has 0 aromatic heterocycles. The summed E-state index contributed by atoms with van der Waals surface area (Å²) >= 11 is 0. The maximum absolute atomic E-state index is 11.3. The summed E-state index contributed by atoms with van der Waals surface area (Å²) in [5.41, 5.74) is -0.491. The van der Waals surface area contributed by atoms with Crippen molar-refractivity contribution in [2.45, 2.75) is 58.3 Å². The molecule has 0 aromatic carbocycles. The van der Waals surface area contributed by atoms with E-state index in [0.717, 1.165) is 51.4 Å². The van der Waals surface area contributed by atoms with Crippen LogP contribution >= 0.6 is 0 Å². The Bertz CT molecular complexity index is 322. The molecule has 20 heavy (non-hydrogen) atoms. The third-order valence-electron chi connectivity index (χ3n) is 4.22. The molecule has 0 spiro atoms. The molecule has 5 heteroatoms. The number of carbonyl (C=O) groups is 2. The molecule has 2 unspecified atom stereocenters. The summed E-state index contributed by atoms with van der Waals surface area (Å²) in [7, 11) is 0. The fourth-order valence-corrected chi connectivity index (χ4v) is 2.81. The summed E-state index contributed by atoms with van der Waals surface area (Å²) in [5.74, 6) is -0.766. The summed E-state index contributed by atoms with van der Waals surface area (Å²) in [4.78, 5) is 22.5. The zero-order valence-electron chi connectivity index (χ0n) is 12.3. The molecule has 1 aliphatic heterocycles. The predicted molar refractivity (Wildman–Crippen MR) is 73.8 cm³/mol. The molecule has 1 saturated carbocycles. The van der Waals surface area contributed by atoms with Gasteiger partial charge >= 0.3 is 11.9 Å². The van der Waals surface area contributed by atoms with Gasteiger partial charge in [0.25, 0.3) is 0 Å². The fourth-order valence-electron chi connectivity index (χ4n) is 2.81. The summed E-state index contributed by atoms with van der Waals surface area (Å²) in [6, 6.07) is 0. The van der Waals surface area contributed by atoms with E-state index in [9.17, 15) is 9.59 Å². The number of fused-ring (bicyclic) bond motifs is 1. The topological polar surface area (TPSA) is 83.8 Å². The van der Waals surface area contributed by atoms with Gasteiger partial charge in [-0.05, 0) is 32.6 Å². The molecule has 0 aromatic rings. The number of esters is 2. The van der Waals surface area contributed by atoms with E-state index in [1.807, 2.05) is 6.92 Å². The van der Waals surface area contributed by atoms with Crippen LogP contribution in [0.25, 0.3) is 0 Å². The van der Waals surface area contributed by atoms with Crippen molar-refractivity contribution < 1.29 is 24.5 Å². The van der Waals surface area contributed by atoms with E-state index in [1.54, 1.807) is 0 Å². The van der Waals surface area contributed by atoms with Crippen LogP contribution in [0.1, 0.15) is 58.3 Å². The predicted octanol–water partition coefficient (Wildman–Crippen LogP) is 1.80. The van der Waals surface area contributed by atoms with Gasteiger partial charge in [0.1, 0.15) is 0 Å². The van der Waals surface area contributed by atoms with E-state index in [1.165, 1.54) is 0 Å². The molecular weight excluding hydrogens is 260 g/mol. The summed E-state index contributed by atoms with van der Waals surface area (Å²) < 4.78 is 4.63. The van der Waals surface area contributed by atoms with Crippen LogP contribution < -0.4 is 0 Å². The first-order valence-electron chi connectivity index (χ1n) is 7.54. The van der Waals surface area contributed by atoms with Crippen molar-refractivity contribution in [1.82, 2.24) is 0 Å². The minimum absolute atomic E-state index is 0.154. The van der Waals surface area contributed by atoms with Gasteiger partial charge in [-0.1, -0.05) is 25.7 Å². The van der Waals surface area contributed by atoms with Crippen molar-refractivity contribution in [3.63, 3.8) is 0 Å². The number of aliphatic hydroxyl groups is 2. The Labute approximate surface area is 120 Å². The van der Waals surface area contributed by atoms with Crippen LogP contribution in [0.2, 0.25) is 0 Å². The van der Waals surface area contributed by atoms with Crippen LogP contribution in [-0.2, 0) is 14.3 Å². The van der Waals surface area contributed by atoms with Gasteiger partial charge in [0.15, 0.2) is 0 Å². The van der Waals surface area contributed by atoms with Gasteiger partial charge in [-0.25, -0.2) is 0 Å². The number of unbranched alkanes of at least 4 members (excludes halogenated alkanes) is 3. The lowest BCUT2D eigenvalue weighted by molar-refractivity contribution is -0.155. The first-order valence-corrected chi connectivity index (χ1v) is 7.54. The first kappa shape index (κ1) is 17.1. The van der Waals surface area contributed by atoms with E-state index >= 15 is 0 Å². The molecule has 2 aliphatic rings. The van der Waals surface area contributed by atoms with Gasteiger partial charge in [-0.2, -0.15) is 0 Å². The van der Waals surface area contributed by atoms with Crippen molar-refractivity contribution in [2.24, 2.45) is 11.3 Å². The molecule has 116 valence electrons. The molecule has 2 fully saturated rings. The minimum atomic E-state index is -0.491. The smallest absolute Gasteiger partial charge is 0.320 e. The Kier molecular flexibility index (Phi) is 7.16. The van der Waals surface area contributed by atoms with Crippen LogP contribution in [0.4, 0.5) is 0 Å². The zero-order valence-corrected chi connectivity index (χ0v) is 12.3. The van der Waals surface area contributed by atoms with E-state index in [0.29, 0.717) is 0 Å². The second-order valence-electron chi connectivity index (χ2n) is 5.79. The molecule has 2 rings (SSSR count). The van der Waals surface area contributed by atoms with Crippen LogP contribution in [0.3, 0.4) is 0 Å². The van der Waals surface area contributed by atoms with Crippen molar-refractivity contribution in [2.75, 3.05) is 13.2 Å². The third kappa shape index (κ3) is 4.28. The van der Waals surface area contributed by atoms with E-state index in [2.05, 4.69) is 4.74 Å². The van der Waals surface area contributed by atoms with E-state index in [4.69, 9.17) is 10.2 Å². The fraction of sp³-hybridized carbons (Fsp3) is 0.867. The Morgan fingerprint density at radius 3 is 2.20 bits per heavy atom. The van der Waals surface area contributed by atoms with Crippen LogP contribution in [0.15, 0.2) is 0 Å². The lowest BCUT2D eigenvalue weighted by Gasteiger charge is -2.29. The first-order chi connectivity index (χ1) is 9.56. The molecule has 2 N–H and O–H groups in total. The summed E-state index contributed by atoms with van der Waals surface area (Å²) in [5, 5.41) is 16.6. The number of hydrogen-bond donors (Lipinski definition) is 2. The maximum Gasteiger partial charge on any atom is 0.320 e. The molecule has 2 atom stereocenters. The van der Waals surface area contributed by atoms with Crippen molar-refractivity contribution in [1.29, 1.82) is 0 Å². The number of aliphatic hydroxyl groups excluding tert-OH is 2. The molecule has 1 aliphatic carbocycles. The molecular formula is C15H26O5. The second kappa shape index (κ2) is 8.37. The molecule has 1 heterocycles. The average molecular weight is 286 g/mol. The molecule has 0 amide bonds. The normalized spacial score (nSPS) is 28.4. The molecule has 0 radical (unpaired) electrons. The van der Waals surface area contributed by atoms with Gasteiger partial charge in [0.05, 0.1) is 11.3 Å². The lowest BCUT2D eigenvalue weighted by atomic mass is 9.69. The minimum Gasteiger partial charge on any atom is -0.396 e. The van der Waals surface area contributed by atoms with Crippen molar-refractivity contribution >= 4 is 11.9 Å². The number of rotatable bonds is 5. The average Bonchev–Trinajstić information content (AvgIpc) is 2.67. The number of cyclic esters (lactones) is 2. The lowest BCUT2D eigenvalue weighted by Crippen LogP contribution is -2.33. The highest BCUT2D eigenvalue weighted by Gasteiger charge is 2.54. The van der Waals surface area contributed by atoms with Crippen LogP contribution in [0.5, 0.6) is 0 Å². The molecule has 5 nitrogen and oxygen atoms in total. The van der Waals surface area contributed by atoms with E-state index in [-0.39, 0.29) is 31.1 Å². The number of hydrogen-bond acceptors (Lipinski definition) is 5. The second-order valence-corrected chi connectivity index (χ2v) is 5.79. The van der Waals surface area contributed by atoms with Gasteiger partial charge in [-0.15, -0.1) is 0 Å². The number of carbonyl (C=O) groups excluding carboxylic acids is 2. The Morgan fingerprint density at radius 2 is 1.70 bits per heavy atom. The van der Waals surface area contributed by atoms with Gasteiger partial charge < -0.3 is 14.9 Å². The summed E-state index contributed by atoms with van der Waals surface area (Å²) in [6.45, 7) is 2.42. The third-order valence-corrected chi connectivity index (χ3v) is 4.22. The monoisotopic (exact) mass is 286 g/mol. The Hall–Kier alpha value is -0.940. The zero-order chi connectivity index (χ0) is 15.0. The quantitative estimate of drug-likeness (QED) is 0.457. The van der Waals surface area contributed by atoms with Gasteiger partial charge in [-0.3, -0.25) is 9.59 Å². The van der Waals surface area contributed by atoms with E-state index < -0.39 is 5.41 Å². The largest absolute Gasteiger partial charge is 0.396 e. The van der Waals surface area contributed by atoms with Gasteiger partial charge in [0, 0.05) is 13.2 Å². The SMILES string of the molecule is CC12CCCCC1C(=O)OC2=O.OCCCCCCO. The molecule has 0 bridgehead atoms. The summed E-state index contributed by atoms with van der Waals surface area (Å²) in [6.07, 6.45) is 7.54. The standard InChI is InChI=1S/C9H12O3.C6H14O2/c1-9-5-3-2-4-6(9)7(10)12-8(9)11;7-5-3-1-2-4-6-8/h6H,2-5H2,1H3;7-8H,1-6H2. The van der Waals surface area contributed by atoms with Gasteiger partial charge in [0.2, 0.25) is 0 Å². The highest BCUT2D eigenvalue weighted by Crippen LogP contribution is 2.46. The van der Waals surface area contributed by atoms with Crippen molar-refractivity contribution in [3.05, 3.63) is 0 Å². The van der Waals surface area contributed by atoms with Crippen LogP contribution in [0, 0.1) is 11.3 Å². The number of ether oxygens (including phenoxy) is 1. The highest BCUT2D eigenvalue weighted by molar-refractivity contribution is 5.99.